The molecule has 2 atom stereocenters. The van der Waals surface area contributed by atoms with Crippen molar-refractivity contribution in [3.05, 3.63) is 43.0 Å². The summed E-state index contributed by atoms with van der Waals surface area (Å²) >= 11 is 0. The van der Waals surface area contributed by atoms with Gasteiger partial charge in [-0.25, -0.2) is 4.67 Å². The van der Waals surface area contributed by atoms with Crippen LogP contribution in [0.2, 0.25) is 0 Å². The maximum absolute atomic E-state index is 13.0. The number of carboxylic acids is 1. The Hall–Kier alpha value is -1.58. The smallest absolute Gasteiger partial charge is 0.321 e. The number of carbonyl (C=O) groups is 1. The van der Waals surface area contributed by atoms with Crippen molar-refractivity contribution in [2.75, 3.05) is 13.2 Å². The van der Waals surface area contributed by atoms with Crippen LogP contribution in [0.15, 0.2) is 43.0 Å². The number of benzene rings is 1. The highest BCUT2D eigenvalue weighted by atomic mass is 31.2. The van der Waals surface area contributed by atoms with Gasteiger partial charge in [-0.1, -0.05) is 24.3 Å². The van der Waals surface area contributed by atoms with Crippen LogP contribution in [0.4, 0.5) is 0 Å². The zero-order chi connectivity index (χ0) is 15.2. The predicted molar refractivity (Wildman–Crippen MR) is 79.2 cm³/mol. The Morgan fingerprint density at radius 1 is 1.50 bits per heavy atom. The summed E-state index contributed by atoms with van der Waals surface area (Å²) in [5, 5.41) is 9.07. The van der Waals surface area contributed by atoms with Crippen molar-refractivity contribution in [3.63, 3.8) is 0 Å². The van der Waals surface area contributed by atoms with Crippen molar-refractivity contribution in [2.24, 2.45) is 0 Å². The molecule has 1 N–H and O–H groups in total. The van der Waals surface area contributed by atoms with E-state index >= 15 is 0 Å². The van der Waals surface area contributed by atoms with E-state index in [0.29, 0.717) is 12.2 Å². The zero-order valence-electron chi connectivity index (χ0n) is 11.7. The van der Waals surface area contributed by atoms with Gasteiger partial charge in [0.2, 0.25) is 0 Å². The van der Waals surface area contributed by atoms with E-state index in [4.69, 9.17) is 9.63 Å². The number of hydrogen-bond acceptors (Lipinski definition) is 3. The van der Waals surface area contributed by atoms with Gasteiger partial charge in [0.25, 0.3) is 0 Å². The number of likely N-dealkylation sites (N-methyl/N-ethyl adjacent to an activating group) is 1. The van der Waals surface area contributed by atoms with Gasteiger partial charge >= 0.3 is 13.5 Å². The monoisotopic (exact) mass is 297 g/mol. The molecule has 0 saturated heterocycles. The minimum atomic E-state index is -3.28. The van der Waals surface area contributed by atoms with Crippen LogP contribution in [0.25, 0.3) is 0 Å². The maximum Gasteiger partial charge on any atom is 0.321 e. The van der Waals surface area contributed by atoms with Gasteiger partial charge in [-0.3, -0.25) is 9.36 Å². The lowest BCUT2D eigenvalue weighted by atomic mass is 10.3. The number of hydrogen-bond donors (Lipinski definition) is 1. The topological polar surface area (TPSA) is 66.8 Å². The first kappa shape index (κ1) is 16.5. The summed E-state index contributed by atoms with van der Waals surface area (Å²) in [4.78, 5) is 11.1. The first-order chi connectivity index (χ1) is 9.40. The number of carboxylic acid groups (broad SMARTS) is 1. The van der Waals surface area contributed by atoms with Gasteiger partial charge in [0.1, 0.15) is 11.8 Å². The Balaban J connectivity index is 2.99. The molecule has 110 valence electrons. The fourth-order valence-corrected chi connectivity index (χ4v) is 3.71. The quantitative estimate of drug-likeness (QED) is 0.589. The highest BCUT2D eigenvalue weighted by molar-refractivity contribution is 7.56. The minimum Gasteiger partial charge on any atom is -0.480 e. The van der Waals surface area contributed by atoms with E-state index < -0.39 is 19.5 Å². The maximum atomic E-state index is 13.0. The van der Waals surface area contributed by atoms with E-state index in [0.717, 1.165) is 0 Å². The molecule has 20 heavy (non-hydrogen) atoms. The Morgan fingerprint density at radius 2 is 2.10 bits per heavy atom. The van der Waals surface area contributed by atoms with Crippen molar-refractivity contribution in [1.82, 2.24) is 4.67 Å². The molecule has 0 aliphatic heterocycles. The highest BCUT2D eigenvalue weighted by Gasteiger charge is 2.35. The summed E-state index contributed by atoms with van der Waals surface area (Å²) in [5.41, 5.74) is 0. The fraction of sp³-hybridized carbons (Fsp3) is 0.357. The number of para-hydroxylation sites is 1. The second kappa shape index (κ2) is 7.27. The fourth-order valence-electron chi connectivity index (χ4n) is 1.59. The van der Waals surface area contributed by atoms with Gasteiger partial charge < -0.3 is 9.63 Å². The zero-order valence-corrected chi connectivity index (χ0v) is 12.6. The lowest BCUT2D eigenvalue weighted by molar-refractivity contribution is -0.140. The van der Waals surface area contributed by atoms with Crippen molar-refractivity contribution in [2.45, 2.75) is 19.4 Å². The summed E-state index contributed by atoms with van der Waals surface area (Å²) in [6.07, 6.45) is 2.35. The summed E-state index contributed by atoms with van der Waals surface area (Å²) in [6, 6.07) is 7.86. The molecule has 0 aromatic heterocycles. The molecule has 5 nitrogen and oxygen atoms in total. The van der Waals surface area contributed by atoms with Crippen LogP contribution in [0, 0.1) is 0 Å². The van der Waals surface area contributed by atoms with Crippen molar-refractivity contribution in [1.29, 1.82) is 0 Å². The lowest BCUT2D eigenvalue weighted by Crippen LogP contribution is -2.35. The number of rotatable bonds is 8. The second-order valence-corrected chi connectivity index (χ2v) is 6.97. The van der Waals surface area contributed by atoms with Crippen LogP contribution in [0.5, 0.6) is 5.75 Å². The Morgan fingerprint density at radius 3 is 2.60 bits per heavy atom. The van der Waals surface area contributed by atoms with Crippen LogP contribution >= 0.6 is 7.52 Å². The molecule has 0 amide bonds. The largest absolute Gasteiger partial charge is 0.480 e. The summed E-state index contributed by atoms with van der Waals surface area (Å²) in [5.74, 6) is -0.577. The Labute approximate surface area is 119 Å². The molecule has 0 aliphatic carbocycles. The number of allylic oxidation sites excluding steroid dienone is 1. The third-order valence-corrected chi connectivity index (χ3v) is 5.63. The summed E-state index contributed by atoms with van der Waals surface area (Å²) < 4.78 is 19.9. The Kier molecular flexibility index (Phi) is 5.99. The molecule has 0 bridgehead atoms. The van der Waals surface area contributed by atoms with Crippen LogP contribution in [0.1, 0.15) is 13.3 Å². The van der Waals surface area contributed by atoms with E-state index in [9.17, 15) is 9.36 Å². The van der Waals surface area contributed by atoms with Crippen LogP contribution in [-0.4, -0.2) is 35.0 Å². The molecular weight excluding hydrogens is 277 g/mol. The van der Waals surface area contributed by atoms with E-state index in [1.165, 1.54) is 18.6 Å². The molecule has 6 heteroatoms. The molecule has 0 fully saturated rings. The molecule has 1 rings (SSSR count). The minimum absolute atomic E-state index is 0.222. The normalized spacial score (nSPS) is 15.3. The van der Waals surface area contributed by atoms with E-state index in [2.05, 4.69) is 6.58 Å². The first-order valence-electron chi connectivity index (χ1n) is 6.31. The van der Waals surface area contributed by atoms with Gasteiger partial charge in [-0.2, -0.15) is 0 Å². The van der Waals surface area contributed by atoms with Crippen LogP contribution in [-0.2, 0) is 9.36 Å². The molecule has 1 aromatic carbocycles. The molecule has 1 aromatic rings. The first-order valence-corrected chi connectivity index (χ1v) is 8.07. The average Bonchev–Trinajstić information content (AvgIpc) is 2.44. The third-order valence-electron chi connectivity index (χ3n) is 3.01. The van der Waals surface area contributed by atoms with Crippen molar-refractivity contribution in [3.8, 4) is 5.75 Å². The molecule has 0 radical (unpaired) electrons. The van der Waals surface area contributed by atoms with E-state index in [1.54, 1.807) is 30.3 Å². The van der Waals surface area contributed by atoms with Crippen molar-refractivity contribution < 1.29 is 19.0 Å². The van der Waals surface area contributed by atoms with E-state index in [1.807, 2.05) is 6.07 Å². The molecule has 0 aliphatic rings. The molecule has 0 heterocycles. The van der Waals surface area contributed by atoms with Gasteiger partial charge in [0.15, 0.2) is 0 Å². The van der Waals surface area contributed by atoms with Gasteiger partial charge in [-0.15, -0.1) is 6.58 Å². The van der Waals surface area contributed by atoms with Gasteiger partial charge in [0.05, 0.1) is 6.16 Å². The Bertz CT molecular complexity index is 503. The predicted octanol–water partition coefficient (Wildman–Crippen LogP) is 3.24. The third kappa shape index (κ3) is 4.22. The van der Waals surface area contributed by atoms with Crippen LogP contribution < -0.4 is 4.52 Å². The highest BCUT2D eigenvalue weighted by Crippen LogP contribution is 2.51. The van der Waals surface area contributed by atoms with Crippen LogP contribution in [0.3, 0.4) is 0 Å². The molecular formula is C14H20NO4P. The van der Waals surface area contributed by atoms with Crippen molar-refractivity contribution >= 4 is 13.5 Å². The summed E-state index contributed by atoms with van der Waals surface area (Å²) in [7, 11) is -1.77. The second-order valence-electron chi connectivity index (χ2n) is 4.43. The summed E-state index contributed by atoms with van der Waals surface area (Å²) in [6.45, 7) is 5.08. The number of aliphatic carboxylic acids is 1. The van der Waals surface area contributed by atoms with E-state index in [-0.39, 0.29) is 6.16 Å². The lowest BCUT2D eigenvalue weighted by Gasteiger charge is -2.30. The standard InChI is InChI=1S/C14H20NO4P/c1-4-5-11-20(18,15(3)12(2)14(16)17)19-13-9-7-6-8-10-13/h4,6-10,12H,1,5,11H2,2-3H3,(H,16,17)/t12-,20?/m0/s1. The molecule has 0 spiro atoms. The average molecular weight is 297 g/mol. The molecule has 0 saturated carbocycles. The van der Waals surface area contributed by atoms with Gasteiger partial charge in [-0.05, 0) is 32.5 Å². The van der Waals surface area contributed by atoms with Gasteiger partial charge in [0, 0.05) is 0 Å². The number of nitrogens with zero attached hydrogens (tertiary/aromatic N) is 1. The SMILES string of the molecule is C=CCCP(=O)(Oc1ccccc1)N(C)[C@@H](C)C(=O)O. The molecule has 1 unspecified atom stereocenters.